The third kappa shape index (κ3) is 5.04. The fourth-order valence-electron chi connectivity index (χ4n) is 1.69. The lowest BCUT2D eigenvalue weighted by molar-refractivity contribution is -0.139. The lowest BCUT2D eigenvalue weighted by Gasteiger charge is -2.20. The van der Waals surface area contributed by atoms with Gasteiger partial charge in [0.15, 0.2) is 0 Å². The van der Waals surface area contributed by atoms with Crippen LogP contribution in [0.1, 0.15) is 27.2 Å². The molecular weight excluding hydrogens is 224 g/mol. The van der Waals surface area contributed by atoms with Gasteiger partial charge in [0, 0.05) is 13.1 Å². The molecule has 98 valence electrons. The van der Waals surface area contributed by atoms with Gasteiger partial charge in [-0.25, -0.2) is 4.79 Å². The number of hydrogen-bond donors (Lipinski definition) is 3. The zero-order chi connectivity index (χ0) is 13.1. The Morgan fingerprint density at radius 3 is 2.59 bits per heavy atom. The van der Waals surface area contributed by atoms with Crippen molar-refractivity contribution in [3.05, 3.63) is 0 Å². The second-order valence-corrected chi connectivity index (χ2v) is 5.28. The number of rotatable bonds is 3. The van der Waals surface area contributed by atoms with Crippen LogP contribution in [0.15, 0.2) is 0 Å². The number of carboxylic acids is 1. The van der Waals surface area contributed by atoms with Crippen LogP contribution in [0.25, 0.3) is 0 Å². The Morgan fingerprint density at radius 2 is 2.12 bits per heavy atom. The molecule has 17 heavy (non-hydrogen) atoms. The quantitative estimate of drug-likeness (QED) is 0.675. The van der Waals surface area contributed by atoms with E-state index < -0.39 is 23.7 Å². The first-order valence-electron chi connectivity index (χ1n) is 5.71. The minimum Gasteiger partial charge on any atom is -0.480 e. The van der Waals surface area contributed by atoms with E-state index in [9.17, 15) is 9.59 Å². The zero-order valence-electron chi connectivity index (χ0n) is 10.4. The minimum atomic E-state index is -0.843. The molecule has 1 aliphatic heterocycles. The van der Waals surface area contributed by atoms with E-state index in [1.54, 1.807) is 20.8 Å². The van der Waals surface area contributed by atoms with Gasteiger partial charge in [-0.3, -0.25) is 4.79 Å². The third-order valence-corrected chi connectivity index (χ3v) is 2.45. The third-order valence-electron chi connectivity index (χ3n) is 2.45. The maximum Gasteiger partial charge on any atom is 0.407 e. The average molecular weight is 244 g/mol. The van der Waals surface area contributed by atoms with Crippen LogP contribution in [0.2, 0.25) is 0 Å². The normalized spacial score (nSPS) is 24.4. The Labute approximate surface area is 101 Å². The summed E-state index contributed by atoms with van der Waals surface area (Å²) >= 11 is 0. The molecule has 6 nitrogen and oxygen atoms in total. The summed E-state index contributed by atoms with van der Waals surface area (Å²) in [5.41, 5.74) is -0.512. The summed E-state index contributed by atoms with van der Waals surface area (Å²) in [4.78, 5) is 22.1. The average Bonchev–Trinajstić information content (AvgIpc) is 2.60. The summed E-state index contributed by atoms with van der Waals surface area (Å²) in [7, 11) is 0. The number of carbonyl (C=O) groups excluding carboxylic acids is 1. The summed E-state index contributed by atoms with van der Waals surface area (Å²) in [5, 5.41) is 14.3. The molecule has 0 aromatic carbocycles. The van der Waals surface area contributed by atoms with Crippen molar-refractivity contribution < 1.29 is 19.4 Å². The van der Waals surface area contributed by atoms with Crippen LogP contribution >= 0.6 is 0 Å². The van der Waals surface area contributed by atoms with Crippen molar-refractivity contribution in [2.75, 3.05) is 13.1 Å². The lowest BCUT2D eigenvalue weighted by atomic mass is 10.1. The van der Waals surface area contributed by atoms with Gasteiger partial charge in [-0.15, -0.1) is 0 Å². The molecule has 1 aliphatic rings. The first-order chi connectivity index (χ1) is 7.78. The van der Waals surface area contributed by atoms with Crippen molar-refractivity contribution in [3.63, 3.8) is 0 Å². The van der Waals surface area contributed by atoms with Crippen LogP contribution in [0.3, 0.4) is 0 Å². The first-order valence-corrected chi connectivity index (χ1v) is 5.71. The molecule has 1 heterocycles. The largest absolute Gasteiger partial charge is 0.480 e. The molecule has 0 aromatic rings. The van der Waals surface area contributed by atoms with E-state index >= 15 is 0 Å². The predicted octanol–water partition coefficient (Wildman–Crippen LogP) is 0.574. The first kappa shape index (κ1) is 13.8. The van der Waals surface area contributed by atoms with E-state index in [1.807, 2.05) is 0 Å². The number of nitrogens with one attached hydrogen (secondary N) is 2. The summed E-state index contributed by atoms with van der Waals surface area (Å²) in [5.74, 6) is -0.701. The van der Waals surface area contributed by atoms with Crippen LogP contribution in [0, 0.1) is 5.92 Å². The van der Waals surface area contributed by atoms with Crippen molar-refractivity contribution in [3.8, 4) is 0 Å². The van der Waals surface area contributed by atoms with E-state index in [0.717, 1.165) is 0 Å². The lowest BCUT2D eigenvalue weighted by Crippen LogP contribution is -2.35. The molecule has 0 radical (unpaired) electrons. The minimum absolute atomic E-state index is 0.142. The van der Waals surface area contributed by atoms with Crippen molar-refractivity contribution in [1.29, 1.82) is 0 Å². The molecule has 0 unspecified atom stereocenters. The fourth-order valence-corrected chi connectivity index (χ4v) is 1.69. The highest BCUT2D eigenvalue weighted by molar-refractivity contribution is 5.74. The van der Waals surface area contributed by atoms with Crippen molar-refractivity contribution in [2.45, 2.75) is 38.8 Å². The SMILES string of the molecule is CC(C)(C)OC(=O)NC[C@H]1CN[C@H](C(=O)O)C1. The highest BCUT2D eigenvalue weighted by Gasteiger charge is 2.29. The zero-order valence-corrected chi connectivity index (χ0v) is 10.4. The highest BCUT2D eigenvalue weighted by atomic mass is 16.6. The molecule has 6 heteroatoms. The second-order valence-electron chi connectivity index (χ2n) is 5.28. The van der Waals surface area contributed by atoms with Crippen LogP contribution in [-0.4, -0.2) is 41.9 Å². The highest BCUT2D eigenvalue weighted by Crippen LogP contribution is 2.13. The molecule has 0 spiro atoms. The van der Waals surface area contributed by atoms with E-state index in [4.69, 9.17) is 9.84 Å². The van der Waals surface area contributed by atoms with Gasteiger partial charge in [-0.05, 0) is 33.1 Å². The number of alkyl carbamates (subject to hydrolysis) is 1. The molecule has 0 bridgehead atoms. The van der Waals surface area contributed by atoms with E-state index in [0.29, 0.717) is 19.5 Å². The van der Waals surface area contributed by atoms with Crippen molar-refractivity contribution >= 4 is 12.1 Å². The maximum atomic E-state index is 11.4. The molecule has 1 rings (SSSR count). The monoisotopic (exact) mass is 244 g/mol. The van der Waals surface area contributed by atoms with Gasteiger partial charge in [0.1, 0.15) is 11.6 Å². The smallest absolute Gasteiger partial charge is 0.407 e. The number of amides is 1. The van der Waals surface area contributed by atoms with Crippen molar-refractivity contribution in [1.82, 2.24) is 10.6 Å². The molecular formula is C11H20N2O4. The summed E-state index contributed by atoms with van der Waals surface area (Å²) in [6.45, 7) is 6.43. The number of carbonyl (C=O) groups is 2. The van der Waals surface area contributed by atoms with Crippen molar-refractivity contribution in [2.24, 2.45) is 5.92 Å². The maximum absolute atomic E-state index is 11.4. The number of hydrogen-bond acceptors (Lipinski definition) is 4. The standard InChI is InChI=1S/C11H20N2O4/c1-11(2,3)17-10(16)13-6-7-4-8(9(14)15)12-5-7/h7-8,12H,4-6H2,1-3H3,(H,13,16)(H,14,15)/t7-,8+/m1/s1. The molecule has 1 fully saturated rings. The van der Waals surface area contributed by atoms with Crippen LogP contribution < -0.4 is 10.6 Å². The number of aliphatic carboxylic acids is 1. The summed E-state index contributed by atoms with van der Waals surface area (Å²) < 4.78 is 5.09. The molecule has 0 aliphatic carbocycles. The van der Waals surface area contributed by atoms with Gasteiger partial charge in [-0.1, -0.05) is 0 Å². The van der Waals surface area contributed by atoms with Gasteiger partial charge in [0.25, 0.3) is 0 Å². The Morgan fingerprint density at radius 1 is 1.47 bits per heavy atom. The van der Waals surface area contributed by atoms with Gasteiger partial charge in [-0.2, -0.15) is 0 Å². The molecule has 3 N–H and O–H groups in total. The van der Waals surface area contributed by atoms with E-state index in [-0.39, 0.29) is 5.92 Å². The molecule has 0 saturated carbocycles. The van der Waals surface area contributed by atoms with Gasteiger partial charge >= 0.3 is 12.1 Å². The topological polar surface area (TPSA) is 87.7 Å². The molecule has 2 atom stereocenters. The van der Waals surface area contributed by atoms with Gasteiger partial charge < -0.3 is 20.5 Å². The molecule has 0 aromatic heterocycles. The second kappa shape index (κ2) is 5.35. The Balaban J connectivity index is 2.24. The molecule has 1 amide bonds. The van der Waals surface area contributed by atoms with Crippen LogP contribution in [0.4, 0.5) is 4.79 Å². The Kier molecular flexibility index (Phi) is 4.34. The number of ether oxygens (including phenoxy) is 1. The summed E-state index contributed by atoms with van der Waals surface area (Å²) in [6.07, 6.45) is 0.0711. The van der Waals surface area contributed by atoms with Crippen LogP contribution in [0.5, 0.6) is 0 Å². The van der Waals surface area contributed by atoms with Gasteiger partial charge in [0.05, 0.1) is 0 Å². The Bertz CT molecular complexity index is 298. The molecule has 1 saturated heterocycles. The van der Waals surface area contributed by atoms with Crippen LogP contribution in [-0.2, 0) is 9.53 Å². The Hall–Kier alpha value is -1.30. The van der Waals surface area contributed by atoms with E-state index in [1.165, 1.54) is 0 Å². The predicted molar refractivity (Wildman–Crippen MR) is 61.8 cm³/mol. The summed E-state index contributed by atoms with van der Waals surface area (Å²) in [6, 6.07) is -0.500. The van der Waals surface area contributed by atoms with E-state index in [2.05, 4.69) is 10.6 Å². The number of carboxylic acid groups (broad SMARTS) is 1. The van der Waals surface area contributed by atoms with Gasteiger partial charge in [0.2, 0.25) is 0 Å². The fraction of sp³-hybridized carbons (Fsp3) is 0.818.